The van der Waals surface area contributed by atoms with Gasteiger partial charge in [-0.05, 0) is 31.6 Å². The standard InChI is InChI=1S/C13H15ClN4O/c14-12-6-15-11-5-16-18(13(11)17-12)7-8-3-9-1-2-10(4-8)19-9/h5-6,8-10H,1-4,7H2. The SMILES string of the molecule is Clc1cnc2cnn(CC3CC4CCC(C3)O4)c2n1. The summed E-state index contributed by atoms with van der Waals surface area (Å²) in [7, 11) is 0. The van der Waals surface area contributed by atoms with E-state index in [9.17, 15) is 0 Å². The molecule has 4 rings (SSSR count). The van der Waals surface area contributed by atoms with Crippen LogP contribution in [0.5, 0.6) is 0 Å². The van der Waals surface area contributed by atoms with E-state index in [1.807, 2.05) is 4.68 Å². The van der Waals surface area contributed by atoms with E-state index < -0.39 is 0 Å². The average molecular weight is 279 g/mol. The van der Waals surface area contributed by atoms with Gasteiger partial charge in [0.15, 0.2) is 5.65 Å². The fourth-order valence-corrected chi connectivity index (χ4v) is 3.45. The zero-order valence-corrected chi connectivity index (χ0v) is 11.3. The van der Waals surface area contributed by atoms with Crippen LogP contribution in [0.4, 0.5) is 0 Å². The fraction of sp³-hybridized carbons (Fsp3) is 0.615. The summed E-state index contributed by atoms with van der Waals surface area (Å²) < 4.78 is 7.81. The van der Waals surface area contributed by atoms with E-state index in [1.165, 1.54) is 12.8 Å². The van der Waals surface area contributed by atoms with Crippen molar-refractivity contribution in [2.45, 2.75) is 44.4 Å². The minimum atomic E-state index is 0.418. The lowest BCUT2D eigenvalue weighted by atomic mass is 9.96. The first-order valence-corrected chi connectivity index (χ1v) is 7.15. The van der Waals surface area contributed by atoms with Crippen molar-refractivity contribution < 1.29 is 4.74 Å². The molecule has 2 fully saturated rings. The Bertz CT molecular complexity index is 602. The van der Waals surface area contributed by atoms with Gasteiger partial charge in [-0.15, -0.1) is 0 Å². The molecule has 2 unspecified atom stereocenters. The summed E-state index contributed by atoms with van der Waals surface area (Å²) in [5, 5.41) is 4.81. The molecule has 2 atom stereocenters. The largest absolute Gasteiger partial charge is 0.375 e. The molecule has 0 radical (unpaired) electrons. The quantitative estimate of drug-likeness (QED) is 0.847. The summed E-state index contributed by atoms with van der Waals surface area (Å²) in [6.45, 7) is 0.884. The molecule has 0 aromatic carbocycles. The van der Waals surface area contributed by atoms with E-state index in [-0.39, 0.29) is 0 Å². The number of rotatable bonds is 2. The van der Waals surface area contributed by atoms with Crippen molar-refractivity contribution in [2.24, 2.45) is 5.92 Å². The smallest absolute Gasteiger partial charge is 0.178 e. The van der Waals surface area contributed by atoms with Crippen LogP contribution in [0.25, 0.3) is 11.2 Å². The molecule has 0 saturated carbocycles. The minimum Gasteiger partial charge on any atom is -0.375 e. The maximum absolute atomic E-state index is 5.91. The molecular weight excluding hydrogens is 264 g/mol. The van der Waals surface area contributed by atoms with Gasteiger partial charge in [-0.25, -0.2) is 14.6 Å². The van der Waals surface area contributed by atoms with Crippen LogP contribution in [-0.4, -0.2) is 32.0 Å². The maximum Gasteiger partial charge on any atom is 0.178 e. The van der Waals surface area contributed by atoms with Crippen LogP contribution in [0, 0.1) is 5.92 Å². The Labute approximate surface area is 115 Å². The zero-order valence-electron chi connectivity index (χ0n) is 10.5. The molecule has 2 aromatic heterocycles. The van der Waals surface area contributed by atoms with Crippen molar-refractivity contribution in [3.8, 4) is 0 Å². The lowest BCUT2D eigenvalue weighted by molar-refractivity contribution is -0.0230. The summed E-state index contributed by atoms with van der Waals surface area (Å²) in [6.07, 6.45) is 8.93. The monoisotopic (exact) mass is 278 g/mol. The highest BCUT2D eigenvalue weighted by molar-refractivity contribution is 6.29. The minimum absolute atomic E-state index is 0.418. The van der Waals surface area contributed by atoms with Crippen LogP contribution >= 0.6 is 11.6 Å². The molecular formula is C13H15ClN4O. The number of fused-ring (bicyclic) bond motifs is 3. The summed E-state index contributed by atoms with van der Waals surface area (Å²) in [5.74, 6) is 0.620. The van der Waals surface area contributed by atoms with Gasteiger partial charge >= 0.3 is 0 Å². The Hall–Kier alpha value is -1.20. The van der Waals surface area contributed by atoms with E-state index in [0.29, 0.717) is 23.3 Å². The van der Waals surface area contributed by atoms with Crippen molar-refractivity contribution in [3.63, 3.8) is 0 Å². The molecule has 0 spiro atoms. The predicted molar refractivity (Wildman–Crippen MR) is 71.0 cm³/mol. The van der Waals surface area contributed by atoms with Gasteiger partial charge < -0.3 is 4.74 Å². The Balaban J connectivity index is 1.59. The Morgan fingerprint density at radius 1 is 1.26 bits per heavy atom. The van der Waals surface area contributed by atoms with Gasteiger partial charge in [-0.2, -0.15) is 5.10 Å². The highest BCUT2D eigenvalue weighted by Crippen LogP contribution is 2.36. The number of nitrogens with zero attached hydrogens (tertiary/aromatic N) is 4. The molecule has 0 amide bonds. The third-order valence-electron chi connectivity index (χ3n) is 4.13. The van der Waals surface area contributed by atoms with Crippen molar-refractivity contribution in [1.82, 2.24) is 19.7 Å². The van der Waals surface area contributed by atoms with E-state index in [0.717, 1.165) is 30.6 Å². The van der Waals surface area contributed by atoms with Crippen LogP contribution in [0.3, 0.4) is 0 Å². The lowest BCUT2D eigenvalue weighted by Crippen LogP contribution is -2.28. The molecule has 6 heteroatoms. The third kappa shape index (κ3) is 2.11. The van der Waals surface area contributed by atoms with Gasteiger partial charge in [0.05, 0.1) is 24.6 Å². The van der Waals surface area contributed by atoms with Crippen molar-refractivity contribution in [2.75, 3.05) is 0 Å². The summed E-state index contributed by atoms with van der Waals surface area (Å²) in [4.78, 5) is 8.56. The molecule has 4 heterocycles. The number of hydrogen-bond acceptors (Lipinski definition) is 4. The maximum atomic E-state index is 5.91. The van der Waals surface area contributed by atoms with Crippen LogP contribution in [0.1, 0.15) is 25.7 Å². The second-order valence-electron chi connectivity index (χ2n) is 5.52. The first kappa shape index (κ1) is 11.6. The zero-order chi connectivity index (χ0) is 12.8. The second-order valence-corrected chi connectivity index (χ2v) is 5.91. The van der Waals surface area contributed by atoms with Crippen LogP contribution in [0.2, 0.25) is 5.15 Å². The van der Waals surface area contributed by atoms with Gasteiger partial charge in [0.25, 0.3) is 0 Å². The van der Waals surface area contributed by atoms with Crippen molar-refractivity contribution >= 4 is 22.8 Å². The molecule has 2 aliphatic rings. The molecule has 5 nitrogen and oxygen atoms in total. The van der Waals surface area contributed by atoms with Crippen LogP contribution in [0.15, 0.2) is 12.4 Å². The average Bonchev–Trinajstić information content (AvgIpc) is 2.94. The summed E-state index contributed by atoms with van der Waals surface area (Å²) in [6, 6.07) is 0. The van der Waals surface area contributed by atoms with E-state index in [4.69, 9.17) is 16.3 Å². The molecule has 2 aliphatic heterocycles. The van der Waals surface area contributed by atoms with Gasteiger partial charge in [-0.1, -0.05) is 11.6 Å². The highest BCUT2D eigenvalue weighted by atomic mass is 35.5. The van der Waals surface area contributed by atoms with Gasteiger partial charge in [0.2, 0.25) is 0 Å². The molecule has 2 saturated heterocycles. The van der Waals surface area contributed by atoms with Crippen molar-refractivity contribution in [3.05, 3.63) is 17.5 Å². The van der Waals surface area contributed by atoms with Crippen molar-refractivity contribution in [1.29, 1.82) is 0 Å². The molecule has 0 aliphatic carbocycles. The van der Waals surface area contributed by atoms with Crippen LogP contribution in [-0.2, 0) is 11.3 Å². The number of halogens is 1. The van der Waals surface area contributed by atoms with Gasteiger partial charge in [-0.3, -0.25) is 0 Å². The molecule has 2 bridgehead atoms. The Kier molecular flexibility index (Phi) is 2.70. The first-order chi connectivity index (χ1) is 9.28. The summed E-state index contributed by atoms with van der Waals surface area (Å²) >= 11 is 5.91. The number of ether oxygens (including phenoxy) is 1. The third-order valence-corrected chi connectivity index (χ3v) is 4.32. The second kappa shape index (κ2) is 4.42. The van der Waals surface area contributed by atoms with Gasteiger partial charge in [0, 0.05) is 6.54 Å². The number of aromatic nitrogens is 4. The predicted octanol–water partition coefficient (Wildman–Crippen LogP) is 2.44. The summed E-state index contributed by atoms with van der Waals surface area (Å²) in [5.41, 5.74) is 1.59. The first-order valence-electron chi connectivity index (χ1n) is 6.77. The van der Waals surface area contributed by atoms with E-state index >= 15 is 0 Å². The number of hydrogen-bond donors (Lipinski definition) is 0. The topological polar surface area (TPSA) is 52.8 Å². The highest BCUT2D eigenvalue weighted by Gasteiger charge is 2.35. The Morgan fingerprint density at radius 3 is 2.84 bits per heavy atom. The van der Waals surface area contributed by atoms with E-state index in [2.05, 4.69) is 15.1 Å². The van der Waals surface area contributed by atoms with Gasteiger partial charge in [0.1, 0.15) is 10.7 Å². The van der Waals surface area contributed by atoms with Crippen LogP contribution < -0.4 is 0 Å². The Morgan fingerprint density at radius 2 is 2.05 bits per heavy atom. The molecule has 19 heavy (non-hydrogen) atoms. The molecule has 0 N–H and O–H groups in total. The normalized spacial score (nSPS) is 30.1. The lowest BCUT2D eigenvalue weighted by Gasteiger charge is -2.28. The fourth-order valence-electron chi connectivity index (χ4n) is 3.32. The van der Waals surface area contributed by atoms with E-state index in [1.54, 1.807) is 12.4 Å². The molecule has 100 valence electrons. The molecule has 2 aromatic rings.